The average Bonchev–Trinajstić information content (AvgIpc) is 3.42. The van der Waals surface area contributed by atoms with Crippen molar-refractivity contribution >= 4 is 22.7 Å². The predicted octanol–water partition coefficient (Wildman–Crippen LogP) is 4.49. The molecular formula is C24H26FN3O2. The van der Waals surface area contributed by atoms with Crippen LogP contribution < -0.4 is 5.32 Å². The van der Waals surface area contributed by atoms with Crippen molar-refractivity contribution in [3.63, 3.8) is 0 Å². The number of H-pyrrole nitrogens is 1. The fourth-order valence-electron chi connectivity index (χ4n) is 4.32. The average molecular weight is 407 g/mol. The normalized spacial score (nSPS) is 18.5. The Morgan fingerprint density at radius 2 is 1.90 bits per heavy atom. The van der Waals surface area contributed by atoms with Crippen molar-refractivity contribution in [3.8, 4) is 11.1 Å². The second-order valence-corrected chi connectivity index (χ2v) is 7.94. The van der Waals surface area contributed by atoms with Gasteiger partial charge in [0.1, 0.15) is 5.82 Å². The van der Waals surface area contributed by atoms with Crippen LogP contribution in [0.1, 0.15) is 43.0 Å². The molecule has 2 atom stereocenters. The number of carbonyl (C=O) groups excluding carboxylic acids is 2. The van der Waals surface area contributed by atoms with Crippen molar-refractivity contribution < 1.29 is 14.0 Å². The van der Waals surface area contributed by atoms with Crippen LogP contribution in [0.25, 0.3) is 22.0 Å². The first-order valence-corrected chi connectivity index (χ1v) is 10.4. The van der Waals surface area contributed by atoms with Gasteiger partial charge in [0.05, 0.1) is 0 Å². The van der Waals surface area contributed by atoms with E-state index in [9.17, 15) is 14.0 Å². The van der Waals surface area contributed by atoms with Gasteiger partial charge in [-0.15, -0.1) is 0 Å². The highest BCUT2D eigenvalue weighted by Gasteiger charge is 2.30. The van der Waals surface area contributed by atoms with Crippen LogP contribution in [0.4, 0.5) is 4.39 Å². The standard InChI is InChI=1S/C24H26FN3O2/c1-3-22(29)27-17-8-9-18(14-17)28(2)24(30)16-6-4-15(5-7-16)23-19-12-13-26-21(19)11-10-20(23)25/h4-7,10-13,17-18,26H,3,8-9,14H2,1-2H3,(H,27,29)/t17-,18+/m0/s1. The van der Waals surface area contributed by atoms with Gasteiger partial charge in [0.2, 0.25) is 5.91 Å². The molecule has 3 aromatic rings. The maximum atomic E-state index is 14.5. The number of aromatic nitrogens is 1. The molecule has 1 aliphatic rings. The van der Waals surface area contributed by atoms with Crippen LogP contribution in [0.3, 0.4) is 0 Å². The Hall–Kier alpha value is -3.15. The summed E-state index contributed by atoms with van der Waals surface area (Å²) in [6, 6.07) is 12.4. The number of benzene rings is 2. The summed E-state index contributed by atoms with van der Waals surface area (Å²) in [4.78, 5) is 29.4. The summed E-state index contributed by atoms with van der Waals surface area (Å²) in [6.45, 7) is 1.84. The maximum Gasteiger partial charge on any atom is 0.253 e. The van der Waals surface area contributed by atoms with Gasteiger partial charge < -0.3 is 15.2 Å². The van der Waals surface area contributed by atoms with E-state index in [-0.39, 0.29) is 29.7 Å². The lowest BCUT2D eigenvalue weighted by Crippen LogP contribution is -2.38. The summed E-state index contributed by atoms with van der Waals surface area (Å²) in [6.07, 6.45) is 4.78. The molecule has 1 fully saturated rings. The fourth-order valence-corrected chi connectivity index (χ4v) is 4.32. The Labute approximate surface area is 175 Å². The Morgan fingerprint density at radius 1 is 1.13 bits per heavy atom. The molecule has 5 nitrogen and oxygen atoms in total. The van der Waals surface area contributed by atoms with Gasteiger partial charge in [-0.3, -0.25) is 9.59 Å². The van der Waals surface area contributed by atoms with Gasteiger partial charge in [-0.05, 0) is 55.2 Å². The number of aromatic amines is 1. The molecule has 1 aromatic heterocycles. The van der Waals surface area contributed by atoms with Crippen LogP contribution in [-0.4, -0.2) is 40.8 Å². The summed E-state index contributed by atoms with van der Waals surface area (Å²) in [7, 11) is 1.81. The summed E-state index contributed by atoms with van der Waals surface area (Å²) < 4.78 is 14.5. The molecule has 0 unspecified atom stereocenters. The van der Waals surface area contributed by atoms with Gasteiger partial charge >= 0.3 is 0 Å². The van der Waals surface area contributed by atoms with Crippen molar-refractivity contribution in [2.24, 2.45) is 0 Å². The quantitative estimate of drug-likeness (QED) is 0.654. The number of fused-ring (bicyclic) bond motifs is 1. The zero-order valence-corrected chi connectivity index (χ0v) is 17.2. The van der Waals surface area contributed by atoms with Crippen LogP contribution in [-0.2, 0) is 4.79 Å². The number of nitrogens with one attached hydrogen (secondary N) is 2. The molecule has 30 heavy (non-hydrogen) atoms. The zero-order chi connectivity index (χ0) is 21.3. The fraction of sp³-hybridized carbons (Fsp3) is 0.333. The number of nitrogens with zero attached hydrogens (tertiary/aromatic N) is 1. The van der Waals surface area contributed by atoms with Crippen molar-refractivity contribution in [3.05, 3.63) is 60.0 Å². The molecule has 4 rings (SSSR count). The monoisotopic (exact) mass is 407 g/mol. The molecule has 156 valence electrons. The minimum Gasteiger partial charge on any atom is -0.361 e. The predicted molar refractivity (Wildman–Crippen MR) is 116 cm³/mol. The third-order valence-corrected chi connectivity index (χ3v) is 6.06. The third kappa shape index (κ3) is 3.82. The third-order valence-electron chi connectivity index (χ3n) is 6.06. The van der Waals surface area contributed by atoms with Crippen LogP contribution in [0.2, 0.25) is 0 Å². The number of rotatable bonds is 5. The summed E-state index contributed by atoms with van der Waals surface area (Å²) in [5, 5.41) is 3.84. The van der Waals surface area contributed by atoms with Crippen LogP contribution in [0.15, 0.2) is 48.7 Å². The molecule has 0 radical (unpaired) electrons. The van der Waals surface area contributed by atoms with E-state index in [0.29, 0.717) is 17.5 Å². The number of hydrogen-bond acceptors (Lipinski definition) is 2. The van der Waals surface area contributed by atoms with E-state index < -0.39 is 0 Å². The largest absolute Gasteiger partial charge is 0.361 e. The molecular weight excluding hydrogens is 381 g/mol. The first-order valence-electron chi connectivity index (χ1n) is 10.4. The molecule has 2 aromatic carbocycles. The van der Waals surface area contributed by atoms with Crippen molar-refractivity contribution in [2.45, 2.75) is 44.7 Å². The Kier molecular flexibility index (Phi) is 5.57. The lowest BCUT2D eigenvalue weighted by Gasteiger charge is -2.25. The number of halogens is 1. The second kappa shape index (κ2) is 8.30. The van der Waals surface area contributed by atoms with Gasteiger partial charge in [0, 0.05) is 53.8 Å². The molecule has 0 bridgehead atoms. The van der Waals surface area contributed by atoms with Crippen LogP contribution in [0, 0.1) is 5.82 Å². The molecule has 0 spiro atoms. The van der Waals surface area contributed by atoms with Gasteiger partial charge in [-0.25, -0.2) is 4.39 Å². The summed E-state index contributed by atoms with van der Waals surface area (Å²) >= 11 is 0. The minimum atomic E-state index is -0.288. The van der Waals surface area contributed by atoms with Gasteiger partial charge in [0.25, 0.3) is 5.91 Å². The Morgan fingerprint density at radius 3 is 2.63 bits per heavy atom. The maximum absolute atomic E-state index is 14.5. The lowest BCUT2D eigenvalue weighted by atomic mass is 9.99. The highest BCUT2D eigenvalue weighted by Crippen LogP contribution is 2.31. The molecule has 1 aliphatic carbocycles. The van der Waals surface area contributed by atoms with E-state index in [2.05, 4.69) is 10.3 Å². The molecule has 6 heteroatoms. The van der Waals surface area contributed by atoms with E-state index in [1.165, 1.54) is 6.07 Å². The van der Waals surface area contributed by atoms with E-state index in [1.54, 1.807) is 41.4 Å². The number of carbonyl (C=O) groups is 2. The SMILES string of the molecule is CCC(=O)N[C@H]1CC[C@@H](N(C)C(=O)c2ccc(-c3c(F)ccc4[nH]ccc34)cc2)C1. The summed E-state index contributed by atoms with van der Waals surface area (Å²) in [5.41, 5.74) is 2.72. The molecule has 0 saturated heterocycles. The topological polar surface area (TPSA) is 65.2 Å². The van der Waals surface area contributed by atoms with Crippen LogP contribution in [0.5, 0.6) is 0 Å². The smallest absolute Gasteiger partial charge is 0.253 e. The molecule has 1 saturated carbocycles. The highest BCUT2D eigenvalue weighted by atomic mass is 19.1. The van der Waals surface area contributed by atoms with Crippen molar-refractivity contribution in [2.75, 3.05) is 7.05 Å². The Balaban J connectivity index is 1.49. The first-order chi connectivity index (χ1) is 14.5. The van der Waals surface area contributed by atoms with Crippen molar-refractivity contribution in [1.29, 1.82) is 0 Å². The number of hydrogen-bond donors (Lipinski definition) is 2. The van der Waals surface area contributed by atoms with E-state index >= 15 is 0 Å². The zero-order valence-electron chi connectivity index (χ0n) is 17.2. The number of amides is 2. The van der Waals surface area contributed by atoms with Gasteiger partial charge in [0.15, 0.2) is 0 Å². The van der Waals surface area contributed by atoms with E-state index in [1.807, 2.05) is 20.0 Å². The molecule has 0 aliphatic heterocycles. The molecule has 2 N–H and O–H groups in total. The molecule has 1 heterocycles. The van der Waals surface area contributed by atoms with E-state index in [0.717, 1.165) is 35.7 Å². The van der Waals surface area contributed by atoms with E-state index in [4.69, 9.17) is 0 Å². The molecule has 2 amide bonds. The second-order valence-electron chi connectivity index (χ2n) is 7.94. The van der Waals surface area contributed by atoms with Gasteiger partial charge in [-0.2, -0.15) is 0 Å². The first kappa shape index (κ1) is 20.1. The lowest BCUT2D eigenvalue weighted by molar-refractivity contribution is -0.121. The minimum absolute atomic E-state index is 0.0508. The van der Waals surface area contributed by atoms with Crippen molar-refractivity contribution in [1.82, 2.24) is 15.2 Å². The van der Waals surface area contributed by atoms with Crippen LogP contribution >= 0.6 is 0 Å². The Bertz CT molecular complexity index is 1070. The highest BCUT2D eigenvalue weighted by molar-refractivity contribution is 5.97. The summed E-state index contributed by atoms with van der Waals surface area (Å²) in [5.74, 6) is -0.298. The van der Waals surface area contributed by atoms with Gasteiger partial charge in [-0.1, -0.05) is 19.1 Å².